The lowest BCUT2D eigenvalue weighted by atomic mass is 9.94. The van der Waals surface area contributed by atoms with Crippen LogP contribution >= 0.6 is 0 Å². The van der Waals surface area contributed by atoms with Crippen molar-refractivity contribution in [3.8, 4) is 0 Å². The third kappa shape index (κ3) is 4.07. The Labute approximate surface area is 151 Å². The van der Waals surface area contributed by atoms with Gasteiger partial charge in [-0.2, -0.15) is 0 Å². The lowest BCUT2D eigenvalue weighted by Gasteiger charge is -2.18. The van der Waals surface area contributed by atoms with Gasteiger partial charge in [0.15, 0.2) is 0 Å². The van der Waals surface area contributed by atoms with Gasteiger partial charge < -0.3 is 10.6 Å². The monoisotopic (exact) mass is 356 g/mol. The van der Waals surface area contributed by atoms with Crippen LogP contribution in [0, 0.1) is 11.7 Å². The topological polar surface area (TPSA) is 82.3 Å². The first kappa shape index (κ1) is 18.0. The second kappa shape index (κ2) is 8.07. The third-order valence-corrected chi connectivity index (χ3v) is 4.28. The van der Waals surface area contributed by atoms with E-state index in [2.05, 4.69) is 21.5 Å². The first-order valence-corrected chi connectivity index (χ1v) is 8.51. The Morgan fingerprint density at radius 1 is 1.19 bits per heavy atom. The average Bonchev–Trinajstić information content (AvgIpc) is 3.13. The maximum absolute atomic E-state index is 13.1. The molecule has 2 amide bonds. The predicted octanol–water partition coefficient (Wildman–Crippen LogP) is 1.98. The fraction of sp³-hybridized carbons (Fsp3) is 0.263. The van der Waals surface area contributed by atoms with Crippen LogP contribution in [0.2, 0.25) is 0 Å². The Hall–Kier alpha value is -2.77. The molecule has 1 aliphatic heterocycles. The molecule has 0 aliphatic carbocycles. The summed E-state index contributed by atoms with van der Waals surface area (Å²) in [6, 6.07) is 12.6. The number of rotatable bonds is 5. The molecule has 2 aromatic carbocycles. The molecule has 2 atom stereocenters. The molecule has 0 aromatic heterocycles. The van der Waals surface area contributed by atoms with Crippen molar-refractivity contribution in [2.24, 2.45) is 5.92 Å². The molecule has 1 fully saturated rings. The van der Waals surface area contributed by atoms with Gasteiger partial charge in [-0.15, -0.1) is 0 Å². The van der Waals surface area contributed by atoms with Crippen molar-refractivity contribution < 1.29 is 14.0 Å². The van der Waals surface area contributed by atoms with Gasteiger partial charge in [-0.25, -0.2) is 9.82 Å². The molecular weight excluding hydrogens is 335 g/mol. The van der Waals surface area contributed by atoms with Crippen molar-refractivity contribution in [1.82, 2.24) is 16.2 Å². The Morgan fingerprint density at radius 3 is 2.69 bits per heavy atom. The Balaban J connectivity index is 1.72. The Morgan fingerprint density at radius 2 is 1.96 bits per heavy atom. The van der Waals surface area contributed by atoms with Crippen molar-refractivity contribution in [3.05, 3.63) is 65.5 Å². The number of nitrogens with one attached hydrogen (secondary N) is 4. The zero-order chi connectivity index (χ0) is 18.5. The minimum absolute atomic E-state index is 0.176. The van der Waals surface area contributed by atoms with Crippen LogP contribution in [0.15, 0.2) is 48.5 Å². The molecule has 7 heteroatoms. The van der Waals surface area contributed by atoms with E-state index in [4.69, 9.17) is 0 Å². The molecule has 0 spiro atoms. The van der Waals surface area contributed by atoms with Crippen LogP contribution in [0.25, 0.3) is 0 Å². The number of amides is 2. The molecule has 0 bridgehead atoms. The van der Waals surface area contributed by atoms with E-state index in [0.717, 1.165) is 5.56 Å². The van der Waals surface area contributed by atoms with Crippen molar-refractivity contribution in [1.29, 1.82) is 0 Å². The first-order chi connectivity index (χ1) is 12.6. The molecule has 6 nitrogen and oxygen atoms in total. The number of carbonyl (C=O) groups is 2. The highest BCUT2D eigenvalue weighted by Crippen LogP contribution is 2.26. The van der Waals surface area contributed by atoms with E-state index >= 15 is 0 Å². The quantitative estimate of drug-likeness (QED) is 0.660. The van der Waals surface area contributed by atoms with Gasteiger partial charge in [0, 0.05) is 24.3 Å². The number of anilines is 1. The maximum atomic E-state index is 13.1. The molecule has 1 aliphatic rings. The van der Waals surface area contributed by atoms with Gasteiger partial charge >= 0.3 is 0 Å². The fourth-order valence-corrected chi connectivity index (χ4v) is 2.96. The van der Waals surface area contributed by atoms with Crippen molar-refractivity contribution >= 4 is 17.5 Å². The molecule has 26 heavy (non-hydrogen) atoms. The van der Waals surface area contributed by atoms with Crippen LogP contribution in [0.1, 0.15) is 28.9 Å². The minimum Gasteiger partial charge on any atom is -0.352 e. The lowest BCUT2D eigenvalue weighted by Crippen LogP contribution is -2.30. The molecule has 0 saturated carbocycles. The van der Waals surface area contributed by atoms with Gasteiger partial charge in [-0.05, 0) is 42.8 Å². The summed E-state index contributed by atoms with van der Waals surface area (Å²) in [5, 5.41) is 5.59. The van der Waals surface area contributed by atoms with Crippen LogP contribution in [0.5, 0.6) is 0 Å². The zero-order valence-corrected chi connectivity index (χ0v) is 14.4. The lowest BCUT2D eigenvalue weighted by molar-refractivity contribution is -0.119. The largest absolute Gasteiger partial charge is 0.352 e. The fourth-order valence-electron chi connectivity index (χ4n) is 2.96. The van der Waals surface area contributed by atoms with Crippen LogP contribution in [0.3, 0.4) is 0 Å². The molecule has 2 unspecified atom stereocenters. The second-order valence-electron chi connectivity index (χ2n) is 6.09. The molecule has 1 saturated heterocycles. The van der Waals surface area contributed by atoms with E-state index < -0.39 is 0 Å². The Bertz CT molecular complexity index is 794. The summed E-state index contributed by atoms with van der Waals surface area (Å²) in [4.78, 5) is 24.6. The van der Waals surface area contributed by atoms with E-state index in [1.54, 1.807) is 36.4 Å². The average molecular weight is 356 g/mol. The van der Waals surface area contributed by atoms with Crippen LogP contribution < -0.4 is 21.5 Å². The molecule has 2 aromatic rings. The summed E-state index contributed by atoms with van der Waals surface area (Å²) < 4.78 is 13.1. The SMILES string of the molecule is CCNC(=O)c1cccc(NC(=O)C2CNNC2c2ccc(F)cc2)c1. The maximum Gasteiger partial charge on any atom is 0.251 e. The highest BCUT2D eigenvalue weighted by Gasteiger charge is 2.34. The molecule has 136 valence electrons. The number of hydrazine groups is 1. The summed E-state index contributed by atoms with van der Waals surface area (Å²) in [5.41, 5.74) is 7.91. The molecule has 1 heterocycles. The van der Waals surface area contributed by atoms with Gasteiger partial charge in [0.05, 0.1) is 12.0 Å². The summed E-state index contributed by atoms with van der Waals surface area (Å²) in [5.74, 6) is -1.04. The second-order valence-corrected chi connectivity index (χ2v) is 6.09. The van der Waals surface area contributed by atoms with Crippen LogP contribution in [0.4, 0.5) is 10.1 Å². The molecule has 0 radical (unpaired) electrons. The van der Waals surface area contributed by atoms with Crippen LogP contribution in [-0.4, -0.2) is 24.9 Å². The van der Waals surface area contributed by atoms with Crippen molar-refractivity contribution in [2.75, 3.05) is 18.4 Å². The summed E-state index contributed by atoms with van der Waals surface area (Å²) >= 11 is 0. The number of hydrogen-bond donors (Lipinski definition) is 4. The van der Waals surface area contributed by atoms with E-state index in [1.165, 1.54) is 12.1 Å². The zero-order valence-electron chi connectivity index (χ0n) is 14.4. The first-order valence-electron chi connectivity index (χ1n) is 8.51. The number of benzene rings is 2. The van der Waals surface area contributed by atoms with Gasteiger partial charge in [0.25, 0.3) is 5.91 Å². The highest BCUT2D eigenvalue weighted by atomic mass is 19.1. The summed E-state index contributed by atoms with van der Waals surface area (Å²) in [7, 11) is 0. The highest BCUT2D eigenvalue weighted by molar-refractivity contribution is 5.98. The predicted molar refractivity (Wildman–Crippen MR) is 96.8 cm³/mol. The molecular formula is C19H21FN4O2. The van der Waals surface area contributed by atoms with Crippen molar-refractivity contribution in [2.45, 2.75) is 13.0 Å². The normalized spacial score (nSPS) is 19.2. The minimum atomic E-state index is -0.367. The van der Waals surface area contributed by atoms with Crippen LogP contribution in [-0.2, 0) is 4.79 Å². The number of carbonyl (C=O) groups excluding carboxylic acids is 2. The van der Waals surface area contributed by atoms with E-state index in [1.807, 2.05) is 6.92 Å². The summed E-state index contributed by atoms with van der Waals surface area (Å²) in [6.45, 7) is 2.83. The number of hydrogen-bond acceptors (Lipinski definition) is 4. The standard InChI is InChI=1S/C19H21FN4O2/c1-2-21-18(25)13-4-3-5-15(10-13)23-19(26)16-11-22-24-17(16)12-6-8-14(20)9-7-12/h3-10,16-17,22,24H,2,11H2,1H3,(H,21,25)(H,23,26). The smallest absolute Gasteiger partial charge is 0.251 e. The van der Waals surface area contributed by atoms with E-state index in [-0.39, 0.29) is 29.6 Å². The van der Waals surface area contributed by atoms with Gasteiger partial charge in [-0.3, -0.25) is 15.0 Å². The van der Waals surface area contributed by atoms with Gasteiger partial charge in [0.1, 0.15) is 5.82 Å². The number of halogens is 1. The van der Waals surface area contributed by atoms with E-state index in [0.29, 0.717) is 24.3 Å². The van der Waals surface area contributed by atoms with Crippen molar-refractivity contribution in [3.63, 3.8) is 0 Å². The summed E-state index contributed by atoms with van der Waals surface area (Å²) in [6.07, 6.45) is 0. The van der Waals surface area contributed by atoms with Gasteiger partial charge in [-0.1, -0.05) is 18.2 Å². The van der Waals surface area contributed by atoms with Gasteiger partial charge in [0.2, 0.25) is 5.91 Å². The Kier molecular flexibility index (Phi) is 5.60. The third-order valence-electron chi connectivity index (χ3n) is 4.28. The molecule has 4 N–H and O–H groups in total. The van der Waals surface area contributed by atoms with E-state index in [9.17, 15) is 14.0 Å². The molecule has 3 rings (SSSR count).